The quantitative estimate of drug-likeness (QED) is 0.453. The second-order valence-corrected chi connectivity index (χ2v) is 4.16. The Morgan fingerprint density at radius 2 is 2.19 bits per heavy atom. The summed E-state index contributed by atoms with van der Waals surface area (Å²) in [6.07, 6.45) is 0. The molecule has 1 aromatic rings. The number of hydrogen-bond acceptors (Lipinski definition) is 3. The molecule has 0 amide bonds. The second-order valence-electron chi connectivity index (χ2n) is 3.90. The SMILES string of the molecule is CC(C)COc1ccc(CCl)cc1[N+](=O)[O-]. The van der Waals surface area contributed by atoms with E-state index in [-0.39, 0.29) is 11.6 Å². The fourth-order valence-corrected chi connectivity index (χ4v) is 1.33. The van der Waals surface area contributed by atoms with Gasteiger partial charge >= 0.3 is 5.69 Å². The van der Waals surface area contributed by atoms with Crippen LogP contribution in [-0.2, 0) is 5.88 Å². The molecule has 1 aromatic carbocycles. The number of halogens is 1. The molecule has 0 heterocycles. The van der Waals surface area contributed by atoms with Crippen LogP contribution in [0.2, 0.25) is 0 Å². The van der Waals surface area contributed by atoms with Crippen molar-refractivity contribution in [3.05, 3.63) is 33.9 Å². The summed E-state index contributed by atoms with van der Waals surface area (Å²) in [7, 11) is 0. The van der Waals surface area contributed by atoms with Crippen molar-refractivity contribution in [1.82, 2.24) is 0 Å². The average Bonchev–Trinajstić information content (AvgIpc) is 2.25. The van der Waals surface area contributed by atoms with Crippen LogP contribution in [0.5, 0.6) is 5.75 Å². The van der Waals surface area contributed by atoms with Gasteiger partial charge in [-0.05, 0) is 17.5 Å². The van der Waals surface area contributed by atoms with Gasteiger partial charge < -0.3 is 4.74 Å². The van der Waals surface area contributed by atoms with E-state index in [0.717, 1.165) is 0 Å². The number of nitro groups is 1. The van der Waals surface area contributed by atoms with Crippen molar-refractivity contribution in [2.24, 2.45) is 5.92 Å². The molecule has 0 N–H and O–H groups in total. The lowest BCUT2D eigenvalue weighted by atomic mass is 10.2. The molecule has 0 aliphatic rings. The average molecular weight is 244 g/mol. The molecule has 0 radical (unpaired) electrons. The molecule has 0 aromatic heterocycles. The molecular weight excluding hydrogens is 230 g/mol. The molecule has 16 heavy (non-hydrogen) atoms. The van der Waals surface area contributed by atoms with Crippen LogP contribution in [0.15, 0.2) is 18.2 Å². The molecular formula is C11H14ClNO3. The molecule has 0 saturated carbocycles. The van der Waals surface area contributed by atoms with E-state index in [2.05, 4.69) is 0 Å². The van der Waals surface area contributed by atoms with E-state index in [9.17, 15) is 10.1 Å². The summed E-state index contributed by atoms with van der Waals surface area (Å²) in [5, 5.41) is 10.8. The maximum atomic E-state index is 10.8. The summed E-state index contributed by atoms with van der Waals surface area (Å²) >= 11 is 5.62. The largest absolute Gasteiger partial charge is 0.487 e. The third-order valence-corrected chi connectivity index (χ3v) is 2.26. The van der Waals surface area contributed by atoms with Crippen LogP contribution in [0.4, 0.5) is 5.69 Å². The first kappa shape index (κ1) is 12.8. The lowest BCUT2D eigenvalue weighted by Gasteiger charge is -2.09. The zero-order valence-electron chi connectivity index (χ0n) is 9.27. The molecule has 4 nitrogen and oxygen atoms in total. The molecule has 0 aliphatic carbocycles. The van der Waals surface area contributed by atoms with Crippen LogP contribution >= 0.6 is 11.6 Å². The van der Waals surface area contributed by atoms with E-state index < -0.39 is 4.92 Å². The number of nitro benzene ring substituents is 1. The zero-order valence-corrected chi connectivity index (χ0v) is 10.0. The number of alkyl halides is 1. The van der Waals surface area contributed by atoms with Crippen molar-refractivity contribution in [3.8, 4) is 5.75 Å². The number of nitrogens with zero attached hydrogens (tertiary/aromatic N) is 1. The predicted molar refractivity (Wildman–Crippen MR) is 63.0 cm³/mol. The van der Waals surface area contributed by atoms with Gasteiger partial charge in [-0.2, -0.15) is 0 Å². The van der Waals surface area contributed by atoms with Gasteiger partial charge in [-0.1, -0.05) is 19.9 Å². The number of benzene rings is 1. The van der Waals surface area contributed by atoms with Crippen LogP contribution in [0, 0.1) is 16.0 Å². The molecule has 0 fully saturated rings. The standard InChI is InChI=1S/C11H14ClNO3/c1-8(2)7-16-11-4-3-9(6-12)5-10(11)13(14)15/h3-5,8H,6-7H2,1-2H3. The van der Waals surface area contributed by atoms with E-state index in [1.165, 1.54) is 6.07 Å². The third kappa shape index (κ3) is 3.38. The van der Waals surface area contributed by atoms with Gasteiger partial charge in [-0.25, -0.2) is 0 Å². The highest BCUT2D eigenvalue weighted by atomic mass is 35.5. The van der Waals surface area contributed by atoms with Crippen molar-refractivity contribution in [2.75, 3.05) is 6.61 Å². The highest BCUT2D eigenvalue weighted by Gasteiger charge is 2.15. The minimum absolute atomic E-state index is 0.0289. The van der Waals surface area contributed by atoms with E-state index in [0.29, 0.717) is 23.8 Å². The summed E-state index contributed by atoms with van der Waals surface area (Å²) in [6.45, 7) is 4.43. The van der Waals surface area contributed by atoms with E-state index in [1.54, 1.807) is 12.1 Å². The third-order valence-electron chi connectivity index (χ3n) is 1.95. The van der Waals surface area contributed by atoms with Gasteiger partial charge in [-0.3, -0.25) is 10.1 Å². The Labute approximate surface area is 99.3 Å². The van der Waals surface area contributed by atoms with Gasteiger partial charge in [0, 0.05) is 11.9 Å². The second kappa shape index (κ2) is 5.70. The summed E-state index contributed by atoms with van der Waals surface area (Å²) in [5.41, 5.74) is 0.684. The highest BCUT2D eigenvalue weighted by molar-refractivity contribution is 6.17. The molecule has 0 bridgehead atoms. The van der Waals surface area contributed by atoms with Gasteiger partial charge in [0.15, 0.2) is 5.75 Å². The van der Waals surface area contributed by atoms with Gasteiger partial charge in [0.2, 0.25) is 0 Å². The Hall–Kier alpha value is -1.29. The minimum Gasteiger partial charge on any atom is -0.487 e. The van der Waals surface area contributed by atoms with Crippen LogP contribution in [0.1, 0.15) is 19.4 Å². The maximum absolute atomic E-state index is 10.8. The van der Waals surface area contributed by atoms with E-state index in [4.69, 9.17) is 16.3 Å². The molecule has 1 rings (SSSR count). The summed E-state index contributed by atoms with van der Waals surface area (Å²) in [5.74, 6) is 0.880. The van der Waals surface area contributed by atoms with Gasteiger partial charge in [0.25, 0.3) is 0 Å². The predicted octanol–water partition coefficient (Wildman–Crippen LogP) is 3.37. The van der Waals surface area contributed by atoms with Crippen LogP contribution in [0.25, 0.3) is 0 Å². The summed E-state index contributed by atoms with van der Waals surface area (Å²) < 4.78 is 5.37. The van der Waals surface area contributed by atoms with Gasteiger partial charge in [0.05, 0.1) is 11.5 Å². The smallest absolute Gasteiger partial charge is 0.311 e. The summed E-state index contributed by atoms with van der Waals surface area (Å²) in [4.78, 5) is 10.4. The normalized spacial score (nSPS) is 10.5. The Kier molecular flexibility index (Phi) is 4.55. The lowest BCUT2D eigenvalue weighted by molar-refractivity contribution is -0.385. The maximum Gasteiger partial charge on any atom is 0.311 e. The number of ether oxygens (including phenoxy) is 1. The molecule has 0 aliphatic heterocycles. The van der Waals surface area contributed by atoms with Crippen molar-refractivity contribution >= 4 is 17.3 Å². The van der Waals surface area contributed by atoms with Gasteiger partial charge in [0.1, 0.15) is 0 Å². The lowest BCUT2D eigenvalue weighted by Crippen LogP contribution is -2.06. The van der Waals surface area contributed by atoms with Crippen LogP contribution < -0.4 is 4.74 Å². The Morgan fingerprint density at radius 1 is 1.50 bits per heavy atom. The Balaban J connectivity index is 2.94. The first-order chi connectivity index (χ1) is 7.54. The van der Waals surface area contributed by atoms with Crippen molar-refractivity contribution in [2.45, 2.75) is 19.7 Å². The number of hydrogen-bond donors (Lipinski definition) is 0. The molecule has 88 valence electrons. The highest BCUT2D eigenvalue weighted by Crippen LogP contribution is 2.28. The fourth-order valence-electron chi connectivity index (χ4n) is 1.17. The van der Waals surface area contributed by atoms with Crippen molar-refractivity contribution in [3.63, 3.8) is 0 Å². The minimum atomic E-state index is -0.453. The number of rotatable bonds is 5. The van der Waals surface area contributed by atoms with Crippen molar-refractivity contribution < 1.29 is 9.66 Å². The molecule has 0 unspecified atom stereocenters. The fraction of sp³-hybridized carbons (Fsp3) is 0.455. The summed E-state index contributed by atoms with van der Waals surface area (Å²) in [6, 6.07) is 4.77. The monoisotopic (exact) mass is 243 g/mol. The topological polar surface area (TPSA) is 52.4 Å². The Bertz CT molecular complexity index is 379. The van der Waals surface area contributed by atoms with Crippen LogP contribution in [-0.4, -0.2) is 11.5 Å². The van der Waals surface area contributed by atoms with Crippen molar-refractivity contribution in [1.29, 1.82) is 0 Å². The van der Waals surface area contributed by atoms with E-state index in [1.807, 2.05) is 13.8 Å². The van der Waals surface area contributed by atoms with Crippen LogP contribution in [0.3, 0.4) is 0 Å². The van der Waals surface area contributed by atoms with Gasteiger partial charge in [-0.15, -0.1) is 11.6 Å². The first-order valence-corrected chi connectivity index (χ1v) is 5.54. The first-order valence-electron chi connectivity index (χ1n) is 5.00. The zero-order chi connectivity index (χ0) is 12.1. The molecule has 0 saturated heterocycles. The molecule has 0 atom stereocenters. The van der Waals surface area contributed by atoms with E-state index >= 15 is 0 Å². The molecule has 5 heteroatoms. The Morgan fingerprint density at radius 3 is 2.69 bits per heavy atom. The molecule has 0 spiro atoms.